The molecule has 20 heavy (non-hydrogen) atoms. The maximum atomic E-state index is 10.7. The van der Waals surface area contributed by atoms with Gasteiger partial charge in [0.05, 0.1) is 5.92 Å². The summed E-state index contributed by atoms with van der Waals surface area (Å²) in [6.45, 7) is 4.42. The molecule has 0 aliphatic heterocycles. The Hall–Kier alpha value is -1.82. The van der Waals surface area contributed by atoms with Gasteiger partial charge in [-0.05, 0) is 31.6 Å². The fraction of sp³-hybridized carbons (Fsp3) is 0.429. The van der Waals surface area contributed by atoms with E-state index in [4.69, 9.17) is 27.4 Å². The SMILES string of the molecule is CC(C)NC(=S)OCC(COC(N)=O)c1ccccc1. The molecule has 5 nitrogen and oxygen atoms in total. The maximum Gasteiger partial charge on any atom is 0.404 e. The second-order valence-electron chi connectivity index (χ2n) is 4.64. The van der Waals surface area contributed by atoms with Crippen LogP contribution in [-0.2, 0) is 9.47 Å². The van der Waals surface area contributed by atoms with E-state index in [1.54, 1.807) is 0 Å². The van der Waals surface area contributed by atoms with Crippen molar-refractivity contribution in [2.24, 2.45) is 5.73 Å². The molecule has 1 unspecified atom stereocenters. The molecule has 1 aromatic rings. The zero-order valence-electron chi connectivity index (χ0n) is 11.7. The molecule has 6 heteroatoms. The number of carbonyl (C=O) groups is 1. The van der Waals surface area contributed by atoms with Gasteiger partial charge in [-0.3, -0.25) is 0 Å². The Balaban J connectivity index is 2.59. The van der Waals surface area contributed by atoms with Crippen molar-refractivity contribution >= 4 is 23.5 Å². The second-order valence-corrected chi connectivity index (χ2v) is 5.01. The van der Waals surface area contributed by atoms with Crippen LogP contribution in [0.15, 0.2) is 30.3 Å². The summed E-state index contributed by atoms with van der Waals surface area (Å²) in [4.78, 5) is 10.7. The minimum Gasteiger partial charge on any atom is -0.470 e. The van der Waals surface area contributed by atoms with Crippen LogP contribution in [0.3, 0.4) is 0 Å². The van der Waals surface area contributed by atoms with Crippen molar-refractivity contribution in [1.29, 1.82) is 0 Å². The molecule has 0 aromatic heterocycles. The summed E-state index contributed by atoms with van der Waals surface area (Å²) in [5.74, 6) is -0.115. The van der Waals surface area contributed by atoms with Crippen LogP contribution in [0.4, 0.5) is 4.79 Å². The zero-order valence-corrected chi connectivity index (χ0v) is 12.5. The molecule has 110 valence electrons. The average molecular weight is 296 g/mol. The number of thiocarbonyl (C=S) groups is 1. The van der Waals surface area contributed by atoms with E-state index in [0.717, 1.165) is 5.56 Å². The minimum atomic E-state index is -0.797. The summed E-state index contributed by atoms with van der Waals surface area (Å²) >= 11 is 5.07. The van der Waals surface area contributed by atoms with Gasteiger partial charge in [-0.1, -0.05) is 30.3 Å². The lowest BCUT2D eigenvalue weighted by molar-refractivity contribution is 0.134. The third-order valence-electron chi connectivity index (χ3n) is 2.52. The van der Waals surface area contributed by atoms with Crippen molar-refractivity contribution in [2.75, 3.05) is 13.2 Å². The van der Waals surface area contributed by atoms with Crippen molar-refractivity contribution < 1.29 is 14.3 Å². The van der Waals surface area contributed by atoms with Gasteiger partial charge >= 0.3 is 6.09 Å². The Morgan fingerprint density at radius 2 is 1.85 bits per heavy atom. The van der Waals surface area contributed by atoms with Crippen LogP contribution in [0.2, 0.25) is 0 Å². The Bertz CT molecular complexity index is 437. The number of hydrogen-bond acceptors (Lipinski definition) is 4. The van der Waals surface area contributed by atoms with Crippen molar-refractivity contribution in [1.82, 2.24) is 5.32 Å². The molecule has 0 saturated heterocycles. The molecule has 1 rings (SSSR count). The first-order chi connectivity index (χ1) is 9.49. The second kappa shape index (κ2) is 8.37. The van der Waals surface area contributed by atoms with Crippen LogP contribution in [0.25, 0.3) is 0 Å². The normalized spacial score (nSPS) is 11.8. The lowest BCUT2D eigenvalue weighted by Gasteiger charge is -2.19. The molecule has 1 amide bonds. The van der Waals surface area contributed by atoms with Gasteiger partial charge in [0.25, 0.3) is 5.17 Å². The number of benzene rings is 1. The highest BCUT2D eigenvalue weighted by atomic mass is 32.1. The number of primary amides is 1. The third-order valence-corrected chi connectivity index (χ3v) is 2.76. The third kappa shape index (κ3) is 6.38. The summed E-state index contributed by atoms with van der Waals surface area (Å²) in [7, 11) is 0. The van der Waals surface area contributed by atoms with E-state index in [1.165, 1.54) is 0 Å². The number of nitrogens with one attached hydrogen (secondary N) is 1. The molecule has 0 aliphatic carbocycles. The number of nitrogens with two attached hydrogens (primary N) is 1. The number of amides is 1. The summed E-state index contributed by atoms with van der Waals surface area (Å²) in [5, 5.41) is 3.32. The molecule has 0 radical (unpaired) electrons. The lowest BCUT2D eigenvalue weighted by Crippen LogP contribution is -2.32. The molecule has 0 heterocycles. The van der Waals surface area contributed by atoms with Crippen LogP contribution in [0.1, 0.15) is 25.3 Å². The minimum absolute atomic E-state index is 0.115. The number of ether oxygens (including phenoxy) is 2. The average Bonchev–Trinajstić information content (AvgIpc) is 2.38. The molecule has 0 aliphatic rings. The van der Waals surface area contributed by atoms with Crippen molar-refractivity contribution in [3.05, 3.63) is 35.9 Å². The Morgan fingerprint density at radius 3 is 2.40 bits per heavy atom. The van der Waals surface area contributed by atoms with Crippen LogP contribution in [0.5, 0.6) is 0 Å². The molecule has 0 fully saturated rings. The Kier molecular flexibility index (Phi) is 6.79. The highest BCUT2D eigenvalue weighted by Crippen LogP contribution is 2.16. The predicted octanol–water partition coefficient (Wildman–Crippen LogP) is 2.17. The van der Waals surface area contributed by atoms with E-state index in [9.17, 15) is 4.79 Å². The summed E-state index contributed by atoms with van der Waals surface area (Å²) in [6, 6.07) is 9.84. The summed E-state index contributed by atoms with van der Waals surface area (Å²) in [6.07, 6.45) is -0.797. The van der Waals surface area contributed by atoms with E-state index in [-0.39, 0.29) is 18.6 Å². The van der Waals surface area contributed by atoms with E-state index in [2.05, 4.69) is 5.32 Å². The quantitative estimate of drug-likeness (QED) is 0.787. The molecule has 0 saturated carbocycles. The summed E-state index contributed by atoms with van der Waals surface area (Å²) in [5.41, 5.74) is 6.00. The van der Waals surface area contributed by atoms with Crippen LogP contribution in [-0.4, -0.2) is 30.5 Å². The molecule has 1 atom stereocenters. The highest BCUT2D eigenvalue weighted by molar-refractivity contribution is 7.80. The van der Waals surface area contributed by atoms with Gasteiger partial charge in [-0.15, -0.1) is 0 Å². The van der Waals surface area contributed by atoms with Crippen LogP contribution in [0, 0.1) is 0 Å². The summed E-state index contributed by atoms with van der Waals surface area (Å²) < 4.78 is 10.4. The molecule has 0 spiro atoms. The molecular formula is C14H20N2O3S. The fourth-order valence-electron chi connectivity index (χ4n) is 1.60. The Morgan fingerprint density at radius 1 is 1.25 bits per heavy atom. The number of carbonyl (C=O) groups excluding carboxylic acids is 1. The first-order valence-corrected chi connectivity index (χ1v) is 6.80. The highest BCUT2D eigenvalue weighted by Gasteiger charge is 2.15. The van der Waals surface area contributed by atoms with Crippen LogP contribution < -0.4 is 11.1 Å². The van der Waals surface area contributed by atoms with Gasteiger partial charge in [-0.25, -0.2) is 4.79 Å². The Labute approximate surface area is 124 Å². The number of rotatable bonds is 6. The van der Waals surface area contributed by atoms with Gasteiger partial charge in [0.1, 0.15) is 13.2 Å². The van der Waals surface area contributed by atoms with Crippen molar-refractivity contribution in [2.45, 2.75) is 25.8 Å². The molecular weight excluding hydrogens is 276 g/mol. The van der Waals surface area contributed by atoms with E-state index in [1.807, 2.05) is 44.2 Å². The van der Waals surface area contributed by atoms with E-state index < -0.39 is 6.09 Å². The van der Waals surface area contributed by atoms with Crippen LogP contribution >= 0.6 is 12.2 Å². The van der Waals surface area contributed by atoms with Gasteiger partial charge in [0.15, 0.2) is 0 Å². The largest absolute Gasteiger partial charge is 0.470 e. The molecule has 3 N–H and O–H groups in total. The van der Waals surface area contributed by atoms with Gasteiger partial charge < -0.3 is 20.5 Å². The van der Waals surface area contributed by atoms with E-state index >= 15 is 0 Å². The molecule has 0 bridgehead atoms. The topological polar surface area (TPSA) is 73.6 Å². The molecule has 1 aromatic carbocycles. The maximum absolute atomic E-state index is 10.7. The van der Waals surface area contributed by atoms with Crippen molar-refractivity contribution in [3.8, 4) is 0 Å². The fourth-order valence-corrected chi connectivity index (χ4v) is 1.91. The van der Waals surface area contributed by atoms with Crippen molar-refractivity contribution in [3.63, 3.8) is 0 Å². The van der Waals surface area contributed by atoms with Gasteiger partial charge in [0, 0.05) is 6.04 Å². The smallest absolute Gasteiger partial charge is 0.404 e. The first-order valence-electron chi connectivity index (χ1n) is 6.39. The standard InChI is InChI=1S/C14H20N2O3S/c1-10(2)16-14(20)19-9-12(8-18-13(15)17)11-6-4-3-5-7-11/h3-7,10,12H,8-9H2,1-2H3,(H2,15,17)(H,16,20). The van der Waals surface area contributed by atoms with E-state index in [0.29, 0.717) is 11.8 Å². The van der Waals surface area contributed by atoms with Gasteiger partial charge in [0.2, 0.25) is 0 Å². The first kappa shape index (κ1) is 16.2. The lowest BCUT2D eigenvalue weighted by atomic mass is 10.0. The zero-order chi connectivity index (χ0) is 15.0. The predicted molar refractivity (Wildman–Crippen MR) is 81.5 cm³/mol. The monoisotopic (exact) mass is 296 g/mol. The number of hydrogen-bond donors (Lipinski definition) is 2. The van der Waals surface area contributed by atoms with Gasteiger partial charge in [-0.2, -0.15) is 0 Å².